The molecule has 0 saturated carbocycles. The number of hydrogen-bond donors (Lipinski definition) is 3. The lowest BCUT2D eigenvalue weighted by molar-refractivity contribution is 0.102. The number of nitrogens with zero attached hydrogens (tertiary/aromatic N) is 4. The van der Waals surface area contributed by atoms with Gasteiger partial charge in [0.2, 0.25) is 0 Å². The zero-order valence-corrected chi connectivity index (χ0v) is 12.1. The van der Waals surface area contributed by atoms with E-state index in [2.05, 4.69) is 25.3 Å². The maximum absolute atomic E-state index is 12.3. The Bertz CT molecular complexity index is 929. The molecule has 9 nitrogen and oxygen atoms in total. The van der Waals surface area contributed by atoms with Gasteiger partial charge in [-0.2, -0.15) is 0 Å². The van der Waals surface area contributed by atoms with Gasteiger partial charge in [-0.3, -0.25) is 9.78 Å². The Kier molecular flexibility index (Phi) is 3.59. The predicted octanol–water partition coefficient (Wildman–Crippen LogP) is 0.400. The van der Waals surface area contributed by atoms with Gasteiger partial charge in [0.25, 0.3) is 5.91 Å². The molecule has 3 aromatic rings. The minimum atomic E-state index is -0.578. The average Bonchev–Trinajstić information content (AvgIpc) is 2.94. The maximum atomic E-state index is 12.3. The lowest BCUT2D eigenvalue weighted by Gasteiger charge is -2.11. The van der Waals surface area contributed by atoms with E-state index in [0.29, 0.717) is 5.56 Å². The van der Waals surface area contributed by atoms with Crippen LogP contribution in [0.1, 0.15) is 10.5 Å². The fraction of sp³-hybridized carbons (Fsp3) is 0.0714. The van der Waals surface area contributed by atoms with Crippen LogP contribution in [0.4, 0.5) is 11.6 Å². The van der Waals surface area contributed by atoms with E-state index in [0.717, 1.165) is 5.69 Å². The highest BCUT2D eigenvalue weighted by Crippen LogP contribution is 2.24. The van der Waals surface area contributed by atoms with Crippen molar-refractivity contribution in [1.29, 1.82) is 0 Å². The first-order valence-electron chi connectivity index (χ1n) is 6.65. The second-order valence-electron chi connectivity index (χ2n) is 4.73. The average molecular weight is 311 g/mol. The highest BCUT2D eigenvalue weighted by molar-refractivity contribution is 6.06. The quantitative estimate of drug-likeness (QED) is 0.641. The van der Waals surface area contributed by atoms with Crippen molar-refractivity contribution in [2.24, 2.45) is 7.05 Å². The summed E-state index contributed by atoms with van der Waals surface area (Å²) in [5, 5.41) is 2.59. The molecular formula is C14H13N7O2. The molecule has 0 atom stereocenters. The van der Waals surface area contributed by atoms with E-state index in [9.17, 15) is 9.59 Å². The zero-order valence-electron chi connectivity index (χ0n) is 12.1. The summed E-state index contributed by atoms with van der Waals surface area (Å²) >= 11 is 0. The van der Waals surface area contributed by atoms with Gasteiger partial charge in [0.15, 0.2) is 11.5 Å². The van der Waals surface area contributed by atoms with E-state index in [1.807, 2.05) is 29.9 Å². The Morgan fingerprint density at radius 1 is 1.30 bits per heavy atom. The van der Waals surface area contributed by atoms with Gasteiger partial charge in [0, 0.05) is 31.8 Å². The molecule has 0 unspecified atom stereocenters. The minimum absolute atomic E-state index is 0.00168. The van der Waals surface area contributed by atoms with E-state index in [-0.39, 0.29) is 17.3 Å². The van der Waals surface area contributed by atoms with Gasteiger partial charge in [-0.1, -0.05) is 0 Å². The molecule has 23 heavy (non-hydrogen) atoms. The molecule has 0 aliphatic carbocycles. The lowest BCUT2D eigenvalue weighted by atomic mass is 10.2. The fourth-order valence-corrected chi connectivity index (χ4v) is 2.12. The second-order valence-corrected chi connectivity index (χ2v) is 4.73. The van der Waals surface area contributed by atoms with Crippen LogP contribution in [0, 0.1) is 0 Å². The Morgan fingerprint density at radius 3 is 2.78 bits per heavy atom. The number of nitrogens with one attached hydrogen (secondary N) is 2. The van der Waals surface area contributed by atoms with Gasteiger partial charge in [-0.05, 0) is 12.1 Å². The molecule has 4 N–H and O–H groups in total. The molecule has 0 spiro atoms. The van der Waals surface area contributed by atoms with Gasteiger partial charge in [-0.25, -0.2) is 19.7 Å². The minimum Gasteiger partial charge on any atom is -0.382 e. The normalized spacial score (nSPS) is 10.5. The molecule has 0 aromatic carbocycles. The number of nitrogen functional groups attached to an aromatic ring is 1. The van der Waals surface area contributed by atoms with Crippen LogP contribution in [0.2, 0.25) is 0 Å². The van der Waals surface area contributed by atoms with E-state index in [1.165, 1.54) is 18.6 Å². The first kappa shape index (κ1) is 14.4. The number of carbonyl (C=O) groups is 1. The first-order valence-corrected chi connectivity index (χ1v) is 6.65. The van der Waals surface area contributed by atoms with Crippen molar-refractivity contribution in [3.8, 4) is 11.3 Å². The maximum Gasteiger partial charge on any atom is 0.346 e. The van der Waals surface area contributed by atoms with E-state index < -0.39 is 11.6 Å². The molecule has 0 aliphatic heterocycles. The lowest BCUT2D eigenvalue weighted by Crippen LogP contribution is -2.21. The van der Waals surface area contributed by atoms with Crippen molar-refractivity contribution in [2.75, 3.05) is 11.1 Å². The van der Waals surface area contributed by atoms with Crippen LogP contribution in [0.5, 0.6) is 0 Å². The summed E-state index contributed by atoms with van der Waals surface area (Å²) in [4.78, 5) is 37.7. The summed E-state index contributed by atoms with van der Waals surface area (Å²) in [5.74, 6) is -0.364. The third kappa shape index (κ3) is 2.79. The Hall–Kier alpha value is -3.49. The SMILES string of the molecule is Cn1cccc1-c1cnc(=O)[nH]c1NC(=O)c1nccnc1N. The number of hydrogen-bond acceptors (Lipinski definition) is 6. The van der Waals surface area contributed by atoms with Crippen LogP contribution < -0.4 is 16.7 Å². The van der Waals surface area contributed by atoms with Crippen molar-refractivity contribution in [2.45, 2.75) is 0 Å². The molecular weight excluding hydrogens is 298 g/mol. The van der Waals surface area contributed by atoms with Gasteiger partial charge in [0.05, 0.1) is 11.3 Å². The van der Waals surface area contributed by atoms with Crippen molar-refractivity contribution in [1.82, 2.24) is 24.5 Å². The topological polar surface area (TPSA) is 132 Å². The number of rotatable bonds is 3. The molecule has 9 heteroatoms. The third-order valence-corrected chi connectivity index (χ3v) is 3.21. The van der Waals surface area contributed by atoms with Gasteiger partial charge in [0.1, 0.15) is 5.82 Å². The number of anilines is 2. The molecule has 0 bridgehead atoms. The van der Waals surface area contributed by atoms with Crippen LogP contribution in [0.15, 0.2) is 41.7 Å². The summed E-state index contributed by atoms with van der Waals surface area (Å²) in [6, 6.07) is 3.67. The molecule has 1 amide bonds. The fourth-order valence-electron chi connectivity index (χ4n) is 2.12. The molecule has 0 radical (unpaired) electrons. The molecule has 0 saturated heterocycles. The standard InChI is InChI=1S/C14H13N7O2/c1-21-6-2-3-9(21)8-7-18-14(23)20-12(8)19-13(22)10-11(15)17-5-4-16-10/h2-7H,1H3,(H2,15,17)(H2,18,19,20,22,23). The highest BCUT2D eigenvalue weighted by atomic mass is 16.2. The second kappa shape index (κ2) is 5.72. The van der Waals surface area contributed by atoms with E-state index in [4.69, 9.17) is 5.73 Å². The number of aromatic nitrogens is 5. The van der Waals surface area contributed by atoms with Crippen molar-refractivity contribution < 1.29 is 4.79 Å². The molecule has 0 fully saturated rings. The van der Waals surface area contributed by atoms with Crippen LogP contribution >= 0.6 is 0 Å². The Labute approximate surface area is 130 Å². The molecule has 3 heterocycles. The summed E-state index contributed by atoms with van der Waals surface area (Å²) in [7, 11) is 1.84. The number of aromatic amines is 1. The monoisotopic (exact) mass is 311 g/mol. The van der Waals surface area contributed by atoms with E-state index >= 15 is 0 Å². The van der Waals surface area contributed by atoms with Crippen molar-refractivity contribution >= 4 is 17.5 Å². The number of carbonyl (C=O) groups excluding carboxylic acids is 1. The van der Waals surface area contributed by atoms with Crippen molar-refractivity contribution in [3.63, 3.8) is 0 Å². The van der Waals surface area contributed by atoms with Gasteiger partial charge >= 0.3 is 5.69 Å². The third-order valence-electron chi connectivity index (χ3n) is 3.21. The zero-order chi connectivity index (χ0) is 16.4. The van der Waals surface area contributed by atoms with Crippen LogP contribution in [0.25, 0.3) is 11.3 Å². The summed E-state index contributed by atoms with van der Waals surface area (Å²) in [6.07, 6.45) is 5.98. The summed E-state index contributed by atoms with van der Waals surface area (Å²) in [5.41, 5.74) is 6.37. The summed E-state index contributed by atoms with van der Waals surface area (Å²) in [6.45, 7) is 0. The number of amides is 1. The number of nitrogens with two attached hydrogens (primary N) is 1. The number of aryl methyl sites for hydroxylation is 1. The highest BCUT2D eigenvalue weighted by Gasteiger charge is 2.16. The largest absolute Gasteiger partial charge is 0.382 e. The van der Waals surface area contributed by atoms with Gasteiger partial charge in [-0.15, -0.1) is 0 Å². The Morgan fingerprint density at radius 2 is 2.09 bits per heavy atom. The van der Waals surface area contributed by atoms with Crippen LogP contribution in [-0.4, -0.2) is 30.4 Å². The summed E-state index contributed by atoms with van der Waals surface area (Å²) < 4.78 is 1.83. The number of H-pyrrole nitrogens is 1. The smallest absolute Gasteiger partial charge is 0.346 e. The van der Waals surface area contributed by atoms with Crippen molar-refractivity contribution in [3.05, 3.63) is 53.1 Å². The van der Waals surface area contributed by atoms with E-state index in [1.54, 1.807) is 0 Å². The molecule has 3 aromatic heterocycles. The van der Waals surface area contributed by atoms with Gasteiger partial charge < -0.3 is 15.6 Å². The molecule has 116 valence electrons. The predicted molar refractivity (Wildman–Crippen MR) is 83.7 cm³/mol. The first-order chi connectivity index (χ1) is 11.1. The van der Waals surface area contributed by atoms with Crippen LogP contribution in [0.3, 0.4) is 0 Å². The van der Waals surface area contributed by atoms with Crippen LogP contribution in [-0.2, 0) is 7.05 Å². The molecule has 3 rings (SSSR count). The molecule has 0 aliphatic rings. The Balaban J connectivity index is 2.02.